The monoisotopic (exact) mass is 305 g/mol. The Morgan fingerprint density at radius 3 is 2.63 bits per heavy atom. The van der Waals surface area contributed by atoms with Crippen LogP contribution in [0.5, 0.6) is 5.75 Å². The largest absolute Gasteiger partial charge is 0.492 e. The van der Waals surface area contributed by atoms with Gasteiger partial charge in [0, 0.05) is 17.1 Å². The summed E-state index contributed by atoms with van der Waals surface area (Å²) in [4.78, 5) is 0. The number of hydrogen-bond donors (Lipinski definition) is 1. The molecular formula is C13H20ClNO3S. The summed E-state index contributed by atoms with van der Waals surface area (Å²) in [6.45, 7) is 4.05. The Morgan fingerprint density at radius 2 is 2.05 bits per heavy atom. The van der Waals surface area contributed by atoms with Crippen LogP contribution in [0.1, 0.15) is 19.4 Å². The molecule has 1 aromatic rings. The number of ether oxygens (including phenoxy) is 1. The summed E-state index contributed by atoms with van der Waals surface area (Å²) in [5.74, 6) is 0.636. The Bertz CT molecular complexity index is 515. The van der Waals surface area contributed by atoms with Crippen molar-refractivity contribution in [3.8, 4) is 5.75 Å². The minimum Gasteiger partial charge on any atom is -0.492 e. The Kier molecular flexibility index (Phi) is 6.10. The molecule has 0 heterocycles. The first-order chi connectivity index (χ1) is 8.88. The van der Waals surface area contributed by atoms with Crippen LogP contribution in [0.15, 0.2) is 18.2 Å². The molecular weight excluding hydrogens is 286 g/mol. The lowest BCUT2D eigenvalue weighted by molar-refractivity contribution is 0.336. The van der Waals surface area contributed by atoms with E-state index < -0.39 is 9.84 Å². The summed E-state index contributed by atoms with van der Waals surface area (Å²) < 4.78 is 28.9. The van der Waals surface area contributed by atoms with Crippen molar-refractivity contribution in [2.24, 2.45) is 0 Å². The summed E-state index contributed by atoms with van der Waals surface area (Å²) in [7, 11) is -1.26. The van der Waals surface area contributed by atoms with E-state index in [0.29, 0.717) is 17.3 Å². The van der Waals surface area contributed by atoms with Gasteiger partial charge in [0.25, 0.3) is 0 Å². The van der Waals surface area contributed by atoms with E-state index in [4.69, 9.17) is 16.3 Å². The fraction of sp³-hybridized carbons (Fsp3) is 0.538. The van der Waals surface area contributed by atoms with Gasteiger partial charge in [-0.25, -0.2) is 8.42 Å². The van der Waals surface area contributed by atoms with Crippen LogP contribution in [0.3, 0.4) is 0 Å². The smallest absolute Gasteiger partial charge is 0.155 e. The molecule has 0 atom stereocenters. The van der Waals surface area contributed by atoms with Crippen LogP contribution >= 0.6 is 11.6 Å². The third-order valence-corrected chi connectivity index (χ3v) is 5.30. The molecule has 1 N–H and O–H groups in total. The van der Waals surface area contributed by atoms with Crippen molar-refractivity contribution < 1.29 is 13.2 Å². The Labute approximate surface area is 120 Å². The third-order valence-electron chi connectivity index (χ3n) is 2.77. The number of rotatable bonds is 7. The van der Waals surface area contributed by atoms with Gasteiger partial charge in [0.05, 0.1) is 11.0 Å². The molecule has 0 radical (unpaired) electrons. The first kappa shape index (κ1) is 16.3. The number of halogens is 1. The fourth-order valence-electron chi connectivity index (χ4n) is 1.53. The molecule has 0 aliphatic rings. The Hall–Kier alpha value is -0.780. The van der Waals surface area contributed by atoms with Crippen molar-refractivity contribution in [1.29, 1.82) is 0 Å². The fourth-order valence-corrected chi connectivity index (χ4v) is 2.55. The summed E-state index contributed by atoms with van der Waals surface area (Å²) in [5.41, 5.74) is 0.841. The Balaban J connectivity index is 2.71. The van der Waals surface area contributed by atoms with Crippen LogP contribution in [-0.4, -0.2) is 33.1 Å². The van der Waals surface area contributed by atoms with Gasteiger partial charge in [-0.1, -0.05) is 17.7 Å². The van der Waals surface area contributed by atoms with Crippen LogP contribution in [0.25, 0.3) is 0 Å². The Morgan fingerprint density at radius 1 is 1.37 bits per heavy atom. The molecule has 0 aromatic heterocycles. The molecule has 6 heteroatoms. The summed E-state index contributed by atoms with van der Waals surface area (Å²) in [6, 6.07) is 5.36. The predicted octanol–water partition coefficient (Wildman–Crippen LogP) is 2.26. The quantitative estimate of drug-likeness (QED) is 0.839. The van der Waals surface area contributed by atoms with E-state index in [1.807, 2.05) is 7.05 Å². The van der Waals surface area contributed by atoms with E-state index in [-0.39, 0.29) is 17.6 Å². The van der Waals surface area contributed by atoms with Gasteiger partial charge in [0.15, 0.2) is 9.84 Å². The van der Waals surface area contributed by atoms with E-state index >= 15 is 0 Å². The van der Waals surface area contributed by atoms with Crippen LogP contribution in [0.4, 0.5) is 0 Å². The van der Waals surface area contributed by atoms with Crippen molar-refractivity contribution in [3.63, 3.8) is 0 Å². The molecule has 0 spiro atoms. The van der Waals surface area contributed by atoms with E-state index in [2.05, 4.69) is 5.32 Å². The molecule has 19 heavy (non-hydrogen) atoms. The maximum absolute atomic E-state index is 11.7. The summed E-state index contributed by atoms with van der Waals surface area (Å²) in [5, 5.41) is 3.24. The maximum Gasteiger partial charge on any atom is 0.155 e. The molecule has 0 amide bonds. The maximum atomic E-state index is 11.7. The van der Waals surface area contributed by atoms with E-state index in [0.717, 1.165) is 5.56 Å². The second-order valence-electron chi connectivity index (χ2n) is 4.51. The van der Waals surface area contributed by atoms with Gasteiger partial charge in [-0.15, -0.1) is 0 Å². The standard InChI is InChI=1S/C13H20ClNO3S/c1-10(2)19(16,17)8-7-18-13-6-4-5-12(14)11(13)9-15-3/h4-6,10,15H,7-9H2,1-3H3. The molecule has 4 nitrogen and oxygen atoms in total. The minimum atomic E-state index is -3.08. The first-order valence-electron chi connectivity index (χ1n) is 6.15. The minimum absolute atomic E-state index is 0.0101. The highest BCUT2D eigenvalue weighted by atomic mass is 35.5. The predicted molar refractivity (Wildman–Crippen MR) is 78.6 cm³/mol. The molecule has 0 saturated carbocycles. The van der Waals surface area contributed by atoms with Gasteiger partial charge in [0.2, 0.25) is 0 Å². The van der Waals surface area contributed by atoms with Gasteiger partial charge in [0.1, 0.15) is 12.4 Å². The number of benzene rings is 1. The lowest BCUT2D eigenvalue weighted by Gasteiger charge is -2.13. The normalized spacial score (nSPS) is 11.8. The van der Waals surface area contributed by atoms with Crippen LogP contribution in [0.2, 0.25) is 5.02 Å². The van der Waals surface area contributed by atoms with E-state index in [1.165, 1.54) is 0 Å². The summed E-state index contributed by atoms with van der Waals surface area (Å²) in [6.07, 6.45) is 0. The van der Waals surface area contributed by atoms with Gasteiger partial charge >= 0.3 is 0 Å². The van der Waals surface area contributed by atoms with Crippen LogP contribution in [-0.2, 0) is 16.4 Å². The first-order valence-corrected chi connectivity index (χ1v) is 8.24. The van der Waals surface area contributed by atoms with Crippen molar-refractivity contribution in [2.45, 2.75) is 25.6 Å². The highest BCUT2D eigenvalue weighted by Crippen LogP contribution is 2.26. The lowest BCUT2D eigenvalue weighted by Crippen LogP contribution is -2.22. The van der Waals surface area contributed by atoms with Gasteiger partial charge in [-0.05, 0) is 33.0 Å². The number of nitrogens with one attached hydrogen (secondary N) is 1. The second kappa shape index (κ2) is 7.12. The molecule has 0 fully saturated rings. The molecule has 0 aliphatic heterocycles. The molecule has 0 bridgehead atoms. The van der Waals surface area contributed by atoms with Gasteiger partial charge in [-0.2, -0.15) is 0 Å². The van der Waals surface area contributed by atoms with Crippen molar-refractivity contribution in [1.82, 2.24) is 5.32 Å². The van der Waals surface area contributed by atoms with E-state index in [1.54, 1.807) is 32.0 Å². The molecule has 108 valence electrons. The average molecular weight is 306 g/mol. The van der Waals surface area contributed by atoms with Crippen LogP contribution in [0, 0.1) is 0 Å². The second-order valence-corrected chi connectivity index (χ2v) is 7.60. The highest BCUT2D eigenvalue weighted by molar-refractivity contribution is 7.91. The lowest BCUT2D eigenvalue weighted by atomic mass is 10.2. The van der Waals surface area contributed by atoms with E-state index in [9.17, 15) is 8.42 Å². The van der Waals surface area contributed by atoms with Crippen molar-refractivity contribution >= 4 is 21.4 Å². The molecule has 1 aromatic carbocycles. The number of sulfone groups is 1. The molecule has 0 saturated heterocycles. The SMILES string of the molecule is CNCc1c(Cl)cccc1OCCS(=O)(=O)C(C)C. The number of hydrogen-bond acceptors (Lipinski definition) is 4. The topological polar surface area (TPSA) is 55.4 Å². The van der Waals surface area contributed by atoms with Gasteiger partial charge < -0.3 is 10.1 Å². The van der Waals surface area contributed by atoms with Crippen molar-refractivity contribution in [2.75, 3.05) is 19.4 Å². The third kappa shape index (κ3) is 4.67. The van der Waals surface area contributed by atoms with Gasteiger partial charge in [-0.3, -0.25) is 0 Å². The highest BCUT2D eigenvalue weighted by Gasteiger charge is 2.16. The molecule has 0 unspecified atom stereocenters. The zero-order valence-corrected chi connectivity index (χ0v) is 13.0. The molecule has 0 aliphatic carbocycles. The zero-order chi connectivity index (χ0) is 14.5. The van der Waals surface area contributed by atoms with Crippen molar-refractivity contribution in [3.05, 3.63) is 28.8 Å². The zero-order valence-electron chi connectivity index (χ0n) is 11.4. The summed E-state index contributed by atoms with van der Waals surface area (Å²) >= 11 is 6.09. The average Bonchev–Trinajstić information content (AvgIpc) is 2.33. The van der Waals surface area contributed by atoms with Crippen LogP contribution < -0.4 is 10.1 Å². The molecule has 1 rings (SSSR count).